The van der Waals surface area contributed by atoms with Gasteiger partial charge in [0.1, 0.15) is 17.6 Å². The number of rotatable bonds is 4. The van der Waals surface area contributed by atoms with Crippen molar-refractivity contribution in [2.45, 2.75) is 6.10 Å². The quantitative estimate of drug-likeness (QED) is 0.798. The first-order valence-electron chi connectivity index (χ1n) is 8.36. The van der Waals surface area contributed by atoms with Crippen molar-refractivity contribution < 1.29 is 19.0 Å². The summed E-state index contributed by atoms with van der Waals surface area (Å²) in [6.45, 7) is 1.37. The molecule has 0 radical (unpaired) electrons. The number of ether oxygens (including phenoxy) is 3. The lowest BCUT2D eigenvalue weighted by molar-refractivity contribution is -0.0135. The van der Waals surface area contributed by atoms with Crippen molar-refractivity contribution in [3.8, 4) is 11.5 Å². The monoisotopic (exact) mass is 410 g/mol. The molecule has 2 aromatic carbocycles. The van der Waals surface area contributed by atoms with Crippen LogP contribution in [0.2, 0.25) is 10.0 Å². The van der Waals surface area contributed by atoms with Crippen molar-refractivity contribution >= 4 is 34.9 Å². The normalized spacial score (nSPS) is 16.7. The number of amides is 2. The average molecular weight is 411 g/mol. The highest BCUT2D eigenvalue weighted by Gasteiger charge is 2.26. The van der Waals surface area contributed by atoms with Crippen LogP contribution < -0.4 is 14.8 Å². The number of benzene rings is 2. The van der Waals surface area contributed by atoms with E-state index in [-0.39, 0.29) is 12.1 Å². The molecular formula is C19H20Cl2N2O4. The van der Waals surface area contributed by atoms with E-state index >= 15 is 0 Å². The molecule has 1 N–H and O–H groups in total. The van der Waals surface area contributed by atoms with Gasteiger partial charge in [0.05, 0.1) is 38.1 Å². The van der Waals surface area contributed by atoms with Gasteiger partial charge in [-0.1, -0.05) is 35.3 Å². The van der Waals surface area contributed by atoms with Gasteiger partial charge in [-0.25, -0.2) is 4.79 Å². The van der Waals surface area contributed by atoms with Crippen LogP contribution in [0.1, 0.15) is 11.7 Å². The maximum Gasteiger partial charge on any atom is 0.322 e. The van der Waals surface area contributed by atoms with Gasteiger partial charge >= 0.3 is 6.03 Å². The van der Waals surface area contributed by atoms with Gasteiger partial charge in [0, 0.05) is 23.7 Å². The SMILES string of the molecule is COc1cc(NC(=O)N2CCO[C@H](c3ccc(Cl)cc3)C2)c(OC)cc1Cl. The van der Waals surface area contributed by atoms with Crippen LogP contribution in [-0.2, 0) is 4.74 Å². The molecule has 0 aliphatic carbocycles. The van der Waals surface area contributed by atoms with E-state index in [1.54, 1.807) is 17.0 Å². The number of nitrogens with one attached hydrogen (secondary N) is 1. The largest absolute Gasteiger partial charge is 0.495 e. The van der Waals surface area contributed by atoms with Crippen molar-refractivity contribution in [2.75, 3.05) is 39.2 Å². The minimum atomic E-state index is -0.250. The zero-order valence-electron chi connectivity index (χ0n) is 15.0. The van der Waals surface area contributed by atoms with E-state index in [9.17, 15) is 4.79 Å². The summed E-state index contributed by atoms with van der Waals surface area (Å²) >= 11 is 12.0. The molecule has 1 aliphatic heterocycles. The number of anilines is 1. The van der Waals surface area contributed by atoms with Gasteiger partial charge in [-0.05, 0) is 17.7 Å². The summed E-state index contributed by atoms with van der Waals surface area (Å²) in [5.74, 6) is 0.908. The molecule has 0 spiro atoms. The molecule has 0 unspecified atom stereocenters. The third-order valence-corrected chi connectivity index (χ3v) is 4.86. The van der Waals surface area contributed by atoms with E-state index in [0.29, 0.717) is 46.9 Å². The van der Waals surface area contributed by atoms with Crippen LogP contribution in [0, 0.1) is 0 Å². The van der Waals surface area contributed by atoms with E-state index < -0.39 is 0 Å². The van der Waals surface area contributed by atoms with Crippen LogP contribution in [0.25, 0.3) is 0 Å². The molecule has 3 rings (SSSR count). The van der Waals surface area contributed by atoms with E-state index in [1.807, 2.05) is 24.3 Å². The van der Waals surface area contributed by atoms with Gasteiger partial charge in [0.2, 0.25) is 0 Å². The Balaban J connectivity index is 1.73. The molecule has 0 saturated carbocycles. The molecule has 0 bridgehead atoms. The molecule has 1 aliphatic rings. The highest BCUT2D eigenvalue weighted by atomic mass is 35.5. The maximum atomic E-state index is 12.8. The molecule has 1 heterocycles. The first kappa shape index (κ1) is 19.6. The number of urea groups is 1. The third kappa shape index (κ3) is 4.58. The summed E-state index contributed by atoms with van der Waals surface area (Å²) in [7, 11) is 3.02. The summed E-state index contributed by atoms with van der Waals surface area (Å²) in [6, 6.07) is 10.4. The number of hydrogen-bond acceptors (Lipinski definition) is 4. The van der Waals surface area contributed by atoms with Crippen molar-refractivity contribution in [3.05, 3.63) is 52.0 Å². The molecule has 8 heteroatoms. The molecule has 1 atom stereocenters. The Kier molecular flexibility index (Phi) is 6.31. The highest BCUT2D eigenvalue weighted by molar-refractivity contribution is 6.32. The first-order chi connectivity index (χ1) is 13.0. The number of morpholine rings is 1. The molecule has 1 saturated heterocycles. The second-order valence-corrected chi connectivity index (χ2v) is 6.82. The molecule has 0 aromatic heterocycles. The molecule has 2 aromatic rings. The fourth-order valence-electron chi connectivity index (χ4n) is 2.87. The third-order valence-electron chi connectivity index (χ3n) is 4.31. The van der Waals surface area contributed by atoms with Crippen molar-refractivity contribution in [1.29, 1.82) is 0 Å². The Morgan fingerprint density at radius 3 is 2.52 bits per heavy atom. The molecule has 144 valence electrons. The van der Waals surface area contributed by atoms with Gasteiger partial charge in [-0.3, -0.25) is 0 Å². The van der Waals surface area contributed by atoms with E-state index in [1.165, 1.54) is 14.2 Å². The standard InChI is InChI=1S/C19H20Cl2N2O4/c1-25-16-10-15(17(26-2)9-14(16)21)22-19(24)23-7-8-27-18(11-23)12-3-5-13(20)6-4-12/h3-6,9-10,18H,7-8,11H2,1-2H3,(H,22,24)/t18-/m0/s1. The molecule has 1 fully saturated rings. The van der Waals surface area contributed by atoms with Crippen LogP contribution in [0.4, 0.5) is 10.5 Å². The van der Waals surface area contributed by atoms with Crippen LogP contribution in [-0.4, -0.2) is 44.8 Å². The number of hydrogen-bond donors (Lipinski definition) is 1. The average Bonchev–Trinajstić information content (AvgIpc) is 2.69. The number of methoxy groups -OCH3 is 2. The second-order valence-electron chi connectivity index (χ2n) is 5.97. The predicted octanol–water partition coefficient (Wildman–Crippen LogP) is 4.62. The Morgan fingerprint density at radius 2 is 1.85 bits per heavy atom. The minimum Gasteiger partial charge on any atom is -0.495 e. The van der Waals surface area contributed by atoms with Gasteiger partial charge in [-0.2, -0.15) is 0 Å². The lowest BCUT2D eigenvalue weighted by Crippen LogP contribution is -2.44. The summed E-state index contributed by atoms with van der Waals surface area (Å²) in [4.78, 5) is 14.5. The fourth-order valence-corrected chi connectivity index (χ4v) is 3.22. The molecule has 6 nitrogen and oxygen atoms in total. The summed E-state index contributed by atoms with van der Waals surface area (Å²) < 4.78 is 16.3. The lowest BCUT2D eigenvalue weighted by Gasteiger charge is -2.33. The van der Waals surface area contributed by atoms with Crippen molar-refractivity contribution in [1.82, 2.24) is 4.90 Å². The smallest absolute Gasteiger partial charge is 0.322 e. The molecule has 2 amide bonds. The summed E-state index contributed by atoms with van der Waals surface area (Å²) in [6.07, 6.45) is -0.205. The van der Waals surface area contributed by atoms with Crippen LogP contribution >= 0.6 is 23.2 Å². The Bertz CT molecular complexity index is 814. The Labute approximate surface area is 167 Å². The molecule has 27 heavy (non-hydrogen) atoms. The summed E-state index contributed by atoms with van der Waals surface area (Å²) in [5.41, 5.74) is 1.46. The van der Waals surface area contributed by atoms with Crippen LogP contribution in [0.3, 0.4) is 0 Å². The molecular weight excluding hydrogens is 391 g/mol. The van der Waals surface area contributed by atoms with Crippen LogP contribution in [0.15, 0.2) is 36.4 Å². The van der Waals surface area contributed by atoms with Crippen molar-refractivity contribution in [2.24, 2.45) is 0 Å². The minimum absolute atomic E-state index is 0.205. The van der Waals surface area contributed by atoms with Gasteiger partial charge in [-0.15, -0.1) is 0 Å². The first-order valence-corrected chi connectivity index (χ1v) is 9.12. The maximum absolute atomic E-state index is 12.8. The highest BCUT2D eigenvalue weighted by Crippen LogP contribution is 2.36. The number of nitrogens with zero attached hydrogens (tertiary/aromatic N) is 1. The van der Waals surface area contributed by atoms with Crippen LogP contribution in [0.5, 0.6) is 11.5 Å². The Morgan fingerprint density at radius 1 is 1.15 bits per heavy atom. The fraction of sp³-hybridized carbons (Fsp3) is 0.316. The van der Waals surface area contributed by atoms with E-state index in [4.69, 9.17) is 37.4 Å². The van der Waals surface area contributed by atoms with Gasteiger partial charge in [0.15, 0.2) is 0 Å². The van der Waals surface area contributed by atoms with E-state index in [0.717, 1.165) is 5.56 Å². The lowest BCUT2D eigenvalue weighted by atomic mass is 10.1. The summed E-state index contributed by atoms with van der Waals surface area (Å²) in [5, 5.41) is 3.93. The zero-order valence-corrected chi connectivity index (χ0v) is 16.5. The van der Waals surface area contributed by atoms with Crippen molar-refractivity contribution in [3.63, 3.8) is 0 Å². The van der Waals surface area contributed by atoms with Gasteiger partial charge < -0.3 is 24.4 Å². The zero-order chi connectivity index (χ0) is 19.4. The number of carbonyl (C=O) groups is 1. The Hall–Kier alpha value is -2.15. The van der Waals surface area contributed by atoms with Gasteiger partial charge in [0.25, 0.3) is 0 Å². The second kappa shape index (κ2) is 8.69. The van der Waals surface area contributed by atoms with E-state index in [2.05, 4.69) is 5.32 Å². The predicted molar refractivity (Wildman–Crippen MR) is 105 cm³/mol. The topological polar surface area (TPSA) is 60.0 Å². The number of halogens is 2. The number of carbonyl (C=O) groups excluding carboxylic acids is 1.